The van der Waals surface area contributed by atoms with E-state index in [1.807, 2.05) is 39.0 Å². The summed E-state index contributed by atoms with van der Waals surface area (Å²) in [6.45, 7) is 5.52. The van der Waals surface area contributed by atoms with Crippen LogP contribution in [0.3, 0.4) is 0 Å². The number of fused-ring (bicyclic) bond motifs is 1. The van der Waals surface area contributed by atoms with Gasteiger partial charge >= 0.3 is 0 Å². The normalized spacial score (nSPS) is 12.5. The number of aromatic nitrogens is 3. The fourth-order valence-electron chi connectivity index (χ4n) is 2.26. The Morgan fingerprint density at radius 3 is 2.90 bits per heavy atom. The van der Waals surface area contributed by atoms with Crippen LogP contribution in [-0.2, 0) is 0 Å². The summed E-state index contributed by atoms with van der Waals surface area (Å²) in [5, 5.41) is 10.6. The Bertz CT molecular complexity index is 803. The molecule has 108 valence electrons. The lowest BCUT2D eigenvalue weighted by molar-refractivity contribution is 0.0939. The Morgan fingerprint density at radius 1 is 1.38 bits per heavy atom. The molecule has 6 heteroatoms. The van der Waals surface area contributed by atoms with Crippen molar-refractivity contribution >= 4 is 16.9 Å². The van der Waals surface area contributed by atoms with Crippen LogP contribution in [0.25, 0.3) is 11.0 Å². The Kier molecular flexibility index (Phi) is 3.21. The molecule has 0 fully saturated rings. The van der Waals surface area contributed by atoms with Crippen molar-refractivity contribution < 1.29 is 9.21 Å². The molecule has 1 amide bonds. The number of aromatic amines is 1. The molecule has 0 saturated carbocycles. The molecule has 21 heavy (non-hydrogen) atoms. The van der Waals surface area contributed by atoms with Gasteiger partial charge in [-0.1, -0.05) is 12.1 Å². The van der Waals surface area contributed by atoms with Gasteiger partial charge < -0.3 is 9.73 Å². The predicted octanol–water partition coefficient (Wildman–Crippen LogP) is 2.66. The molecule has 0 saturated heterocycles. The summed E-state index contributed by atoms with van der Waals surface area (Å²) >= 11 is 0. The highest BCUT2D eigenvalue weighted by Gasteiger charge is 2.18. The monoisotopic (exact) mass is 284 g/mol. The molecule has 1 atom stereocenters. The van der Waals surface area contributed by atoms with Crippen LogP contribution >= 0.6 is 0 Å². The van der Waals surface area contributed by atoms with E-state index in [0.717, 1.165) is 17.0 Å². The summed E-state index contributed by atoms with van der Waals surface area (Å²) in [5.74, 6) is 1.85. The number of nitrogens with zero attached hydrogens (tertiary/aromatic N) is 2. The number of furan rings is 1. The number of nitrogens with one attached hydrogen (secondary N) is 2. The van der Waals surface area contributed by atoms with E-state index in [2.05, 4.69) is 20.5 Å². The van der Waals surface area contributed by atoms with Gasteiger partial charge in [0.1, 0.15) is 17.2 Å². The number of rotatable bonds is 3. The van der Waals surface area contributed by atoms with E-state index in [1.165, 1.54) is 0 Å². The number of hydrogen-bond acceptors (Lipinski definition) is 4. The summed E-state index contributed by atoms with van der Waals surface area (Å²) in [7, 11) is 0. The molecule has 0 aliphatic carbocycles. The molecule has 0 aliphatic heterocycles. The third kappa shape index (κ3) is 2.52. The minimum absolute atomic E-state index is 0.204. The first-order chi connectivity index (χ1) is 10.0. The smallest absolute Gasteiger partial charge is 0.255 e. The van der Waals surface area contributed by atoms with Gasteiger partial charge in [0.2, 0.25) is 0 Å². The maximum atomic E-state index is 12.4. The lowest BCUT2D eigenvalue weighted by atomic mass is 10.1. The first kappa shape index (κ1) is 13.4. The summed E-state index contributed by atoms with van der Waals surface area (Å²) in [6.07, 6.45) is 0. The number of aryl methyl sites for hydroxylation is 2. The van der Waals surface area contributed by atoms with Gasteiger partial charge in [0.15, 0.2) is 5.82 Å². The van der Waals surface area contributed by atoms with E-state index in [1.54, 1.807) is 6.07 Å². The second kappa shape index (κ2) is 5.05. The Labute approximate surface area is 121 Å². The third-order valence-electron chi connectivity index (χ3n) is 3.26. The lowest BCUT2D eigenvalue weighted by Crippen LogP contribution is -2.27. The fourth-order valence-corrected chi connectivity index (χ4v) is 2.26. The van der Waals surface area contributed by atoms with E-state index in [4.69, 9.17) is 4.42 Å². The summed E-state index contributed by atoms with van der Waals surface area (Å²) in [4.78, 5) is 16.6. The van der Waals surface area contributed by atoms with Crippen molar-refractivity contribution in [3.63, 3.8) is 0 Å². The Morgan fingerprint density at radius 2 is 2.19 bits per heavy atom. The van der Waals surface area contributed by atoms with Gasteiger partial charge in [-0.05, 0) is 32.9 Å². The zero-order chi connectivity index (χ0) is 15.0. The zero-order valence-electron chi connectivity index (χ0n) is 12.1. The number of para-hydroxylation sites is 1. The second-order valence-corrected chi connectivity index (χ2v) is 5.06. The quantitative estimate of drug-likeness (QED) is 0.774. The van der Waals surface area contributed by atoms with E-state index in [-0.39, 0.29) is 11.9 Å². The van der Waals surface area contributed by atoms with Gasteiger partial charge in [0, 0.05) is 5.39 Å². The molecule has 6 nitrogen and oxygen atoms in total. The van der Waals surface area contributed by atoms with E-state index >= 15 is 0 Å². The molecular weight excluding hydrogens is 268 g/mol. The summed E-state index contributed by atoms with van der Waals surface area (Å²) in [6, 6.07) is 7.14. The van der Waals surface area contributed by atoms with Crippen molar-refractivity contribution in [2.24, 2.45) is 0 Å². The van der Waals surface area contributed by atoms with Crippen molar-refractivity contribution in [2.45, 2.75) is 26.8 Å². The van der Waals surface area contributed by atoms with Crippen LogP contribution in [0.2, 0.25) is 0 Å². The van der Waals surface area contributed by atoms with Crippen LogP contribution in [0, 0.1) is 13.8 Å². The van der Waals surface area contributed by atoms with Gasteiger partial charge in [0.25, 0.3) is 5.91 Å². The molecule has 0 bridgehead atoms. The molecule has 0 spiro atoms. The van der Waals surface area contributed by atoms with Crippen LogP contribution in [0.15, 0.2) is 28.7 Å². The largest absolute Gasteiger partial charge is 0.461 e. The van der Waals surface area contributed by atoms with Gasteiger partial charge in [-0.15, -0.1) is 0 Å². The first-order valence-electron chi connectivity index (χ1n) is 6.73. The highest BCUT2D eigenvalue weighted by atomic mass is 16.3. The van der Waals surface area contributed by atoms with Crippen molar-refractivity contribution in [1.82, 2.24) is 20.5 Å². The molecule has 2 N–H and O–H groups in total. The standard InChI is InChI=1S/C15H16N4O2/c1-8-7-11-5-4-6-12(13(11)21-8)15(20)16-9(2)14-17-10(3)18-19-14/h4-7,9H,1-3H3,(H,16,20)(H,17,18,19). The first-order valence-corrected chi connectivity index (χ1v) is 6.73. The van der Waals surface area contributed by atoms with Gasteiger partial charge in [-0.3, -0.25) is 9.89 Å². The van der Waals surface area contributed by atoms with Gasteiger partial charge in [-0.25, -0.2) is 4.98 Å². The van der Waals surface area contributed by atoms with Crippen LogP contribution in [0.1, 0.15) is 40.7 Å². The van der Waals surface area contributed by atoms with Crippen LogP contribution in [0.5, 0.6) is 0 Å². The lowest BCUT2D eigenvalue weighted by Gasteiger charge is -2.10. The molecule has 2 heterocycles. The van der Waals surface area contributed by atoms with Crippen LogP contribution in [0.4, 0.5) is 0 Å². The molecule has 0 aliphatic rings. The highest BCUT2D eigenvalue weighted by molar-refractivity contribution is 6.05. The fraction of sp³-hybridized carbons (Fsp3) is 0.267. The van der Waals surface area contributed by atoms with Gasteiger partial charge in [0.05, 0.1) is 11.6 Å². The molecule has 0 radical (unpaired) electrons. The Balaban J connectivity index is 1.87. The van der Waals surface area contributed by atoms with Crippen LogP contribution in [-0.4, -0.2) is 21.1 Å². The number of carbonyl (C=O) groups excluding carboxylic acids is 1. The van der Waals surface area contributed by atoms with Crippen molar-refractivity contribution in [1.29, 1.82) is 0 Å². The SMILES string of the molecule is Cc1nc(C(C)NC(=O)c2cccc3cc(C)oc23)n[nH]1. The third-order valence-corrected chi connectivity index (χ3v) is 3.26. The average molecular weight is 284 g/mol. The molecular formula is C15H16N4O2. The van der Waals surface area contributed by atoms with E-state index in [0.29, 0.717) is 17.0 Å². The molecule has 3 aromatic rings. The van der Waals surface area contributed by atoms with E-state index in [9.17, 15) is 4.79 Å². The molecule has 3 rings (SSSR count). The highest BCUT2D eigenvalue weighted by Crippen LogP contribution is 2.23. The van der Waals surface area contributed by atoms with Crippen LogP contribution < -0.4 is 5.32 Å². The second-order valence-electron chi connectivity index (χ2n) is 5.06. The van der Waals surface area contributed by atoms with Crippen molar-refractivity contribution in [3.8, 4) is 0 Å². The van der Waals surface area contributed by atoms with Crippen molar-refractivity contribution in [3.05, 3.63) is 47.2 Å². The minimum Gasteiger partial charge on any atom is -0.461 e. The summed E-state index contributed by atoms with van der Waals surface area (Å²) < 4.78 is 5.61. The Hall–Kier alpha value is -2.63. The number of carbonyl (C=O) groups is 1. The van der Waals surface area contributed by atoms with Crippen molar-refractivity contribution in [2.75, 3.05) is 0 Å². The molecule has 1 unspecified atom stereocenters. The minimum atomic E-state index is -0.284. The van der Waals surface area contributed by atoms with Gasteiger partial charge in [-0.2, -0.15) is 5.10 Å². The number of hydrogen-bond donors (Lipinski definition) is 2. The topological polar surface area (TPSA) is 83.8 Å². The number of amides is 1. The summed E-state index contributed by atoms with van der Waals surface area (Å²) in [5.41, 5.74) is 1.12. The van der Waals surface area contributed by atoms with E-state index < -0.39 is 0 Å². The maximum Gasteiger partial charge on any atom is 0.255 e. The predicted molar refractivity (Wildman–Crippen MR) is 78.0 cm³/mol. The average Bonchev–Trinajstić information content (AvgIpc) is 3.02. The number of benzene rings is 1. The maximum absolute atomic E-state index is 12.4. The zero-order valence-corrected chi connectivity index (χ0v) is 12.1. The molecule has 2 aromatic heterocycles. The number of H-pyrrole nitrogens is 1. The molecule has 1 aromatic carbocycles.